The highest BCUT2D eigenvalue weighted by atomic mass is 16.5. The molecule has 40 heavy (non-hydrogen) atoms. The summed E-state index contributed by atoms with van der Waals surface area (Å²) in [5.41, 5.74) is 6.30. The van der Waals surface area contributed by atoms with Crippen molar-refractivity contribution >= 4 is 24.0 Å². The van der Waals surface area contributed by atoms with Gasteiger partial charge in [0, 0.05) is 25.2 Å². The third-order valence-electron chi connectivity index (χ3n) is 6.21. The number of hydrogen-bond donors (Lipinski definition) is 2. The summed E-state index contributed by atoms with van der Waals surface area (Å²) < 4.78 is 10.7. The molecule has 0 aliphatic rings. The first kappa shape index (κ1) is 29.7. The molecule has 3 aromatic carbocycles. The second-order valence-electron chi connectivity index (χ2n) is 9.07. The van der Waals surface area contributed by atoms with Crippen LogP contribution in [0.5, 0.6) is 11.5 Å². The summed E-state index contributed by atoms with van der Waals surface area (Å²) in [4.78, 5) is 24.4. The lowest BCUT2D eigenvalue weighted by atomic mass is 10.0. The van der Waals surface area contributed by atoms with Crippen LogP contribution in [0, 0.1) is 13.8 Å². The SMILES string of the molecule is COc1cccc(OC)c1/C=C/C=C/C(=O)NCc1ccc(CNC(=O)/C=C/C=C/c2c(C)cccc2C)cc1. The molecule has 0 fully saturated rings. The quantitative estimate of drug-likeness (QED) is 0.217. The summed E-state index contributed by atoms with van der Waals surface area (Å²) in [6.45, 7) is 4.96. The Hall–Kier alpha value is -4.84. The first-order chi connectivity index (χ1) is 19.4. The smallest absolute Gasteiger partial charge is 0.244 e. The fourth-order valence-electron chi connectivity index (χ4n) is 4.00. The molecule has 0 spiro atoms. The van der Waals surface area contributed by atoms with Crippen molar-refractivity contribution < 1.29 is 19.1 Å². The van der Waals surface area contributed by atoms with Crippen LogP contribution in [-0.4, -0.2) is 26.0 Å². The van der Waals surface area contributed by atoms with Crippen LogP contribution in [0.2, 0.25) is 0 Å². The number of allylic oxidation sites excluding steroid dienone is 4. The average Bonchev–Trinajstić information content (AvgIpc) is 2.97. The van der Waals surface area contributed by atoms with E-state index in [-0.39, 0.29) is 11.8 Å². The van der Waals surface area contributed by atoms with Gasteiger partial charge in [-0.05, 0) is 59.9 Å². The van der Waals surface area contributed by atoms with Crippen LogP contribution in [0.25, 0.3) is 12.2 Å². The highest BCUT2D eigenvalue weighted by Gasteiger charge is 2.05. The van der Waals surface area contributed by atoms with Crippen molar-refractivity contribution in [3.05, 3.63) is 131 Å². The van der Waals surface area contributed by atoms with E-state index in [1.165, 1.54) is 28.8 Å². The van der Waals surface area contributed by atoms with Crippen LogP contribution in [0.3, 0.4) is 0 Å². The molecule has 0 aromatic heterocycles. The van der Waals surface area contributed by atoms with Gasteiger partial charge in [0.05, 0.1) is 19.8 Å². The third kappa shape index (κ3) is 9.17. The molecule has 0 atom stereocenters. The van der Waals surface area contributed by atoms with E-state index in [1.807, 2.05) is 66.8 Å². The molecule has 0 aliphatic heterocycles. The van der Waals surface area contributed by atoms with Crippen molar-refractivity contribution in [1.82, 2.24) is 10.6 Å². The summed E-state index contributed by atoms with van der Waals surface area (Å²) in [5, 5.41) is 5.75. The first-order valence-corrected chi connectivity index (χ1v) is 13.0. The van der Waals surface area contributed by atoms with Crippen molar-refractivity contribution in [2.45, 2.75) is 26.9 Å². The molecule has 0 saturated heterocycles. The second kappa shape index (κ2) is 15.5. The van der Waals surface area contributed by atoms with Gasteiger partial charge in [-0.3, -0.25) is 9.59 Å². The predicted octanol–water partition coefficient (Wildman–Crippen LogP) is 6.09. The van der Waals surface area contributed by atoms with E-state index in [2.05, 4.69) is 36.6 Å². The lowest BCUT2D eigenvalue weighted by Gasteiger charge is -2.09. The third-order valence-corrected chi connectivity index (χ3v) is 6.21. The summed E-state index contributed by atoms with van der Waals surface area (Å²) in [5.74, 6) is 1.02. The summed E-state index contributed by atoms with van der Waals surface area (Å²) in [6, 6.07) is 19.5. The van der Waals surface area contributed by atoms with Crippen LogP contribution >= 0.6 is 0 Å². The molecule has 6 heteroatoms. The minimum absolute atomic E-state index is 0.160. The Labute approximate surface area is 236 Å². The molecule has 2 amide bonds. The van der Waals surface area contributed by atoms with E-state index in [9.17, 15) is 9.59 Å². The van der Waals surface area contributed by atoms with Crippen molar-refractivity contribution in [1.29, 1.82) is 0 Å². The summed E-state index contributed by atoms with van der Waals surface area (Å²) in [7, 11) is 3.20. The maximum Gasteiger partial charge on any atom is 0.244 e. The van der Waals surface area contributed by atoms with Gasteiger partial charge in [0.2, 0.25) is 11.8 Å². The van der Waals surface area contributed by atoms with Gasteiger partial charge in [-0.2, -0.15) is 0 Å². The van der Waals surface area contributed by atoms with Gasteiger partial charge < -0.3 is 20.1 Å². The molecular weight excluding hydrogens is 500 g/mol. The highest BCUT2D eigenvalue weighted by molar-refractivity contribution is 5.88. The minimum Gasteiger partial charge on any atom is -0.496 e. The van der Waals surface area contributed by atoms with Crippen molar-refractivity contribution in [3.63, 3.8) is 0 Å². The molecular formula is C34H36N2O4. The number of carbonyl (C=O) groups excluding carboxylic acids is 2. The van der Waals surface area contributed by atoms with Gasteiger partial charge in [-0.1, -0.05) is 78.9 Å². The molecule has 3 aromatic rings. The zero-order chi connectivity index (χ0) is 28.7. The second-order valence-corrected chi connectivity index (χ2v) is 9.07. The van der Waals surface area contributed by atoms with E-state index < -0.39 is 0 Å². The number of carbonyl (C=O) groups is 2. The Kier molecular flexibility index (Phi) is 11.5. The van der Waals surface area contributed by atoms with Crippen molar-refractivity contribution in [2.24, 2.45) is 0 Å². The normalized spacial score (nSPS) is 11.5. The number of methoxy groups -OCH3 is 2. The van der Waals surface area contributed by atoms with Crippen LogP contribution < -0.4 is 20.1 Å². The summed E-state index contributed by atoms with van der Waals surface area (Å²) in [6.07, 6.45) is 13.9. The zero-order valence-electron chi connectivity index (χ0n) is 23.4. The summed E-state index contributed by atoms with van der Waals surface area (Å²) >= 11 is 0. The van der Waals surface area contributed by atoms with Crippen LogP contribution in [0.4, 0.5) is 0 Å². The Morgan fingerprint density at radius 3 is 1.50 bits per heavy atom. The lowest BCUT2D eigenvalue weighted by Crippen LogP contribution is -2.21. The largest absolute Gasteiger partial charge is 0.496 e. The van der Waals surface area contributed by atoms with Gasteiger partial charge >= 0.3 is 0 Å². The Bertz CT molecular complexity index is 1370. The minimum atomic E-state index is -0.202. The highest BCUT2D eigenvalue weighted by Crippen LogP contribution is 2.29. The number of nitrogens with one attached hydrogen (secondary N) is 2. The molecule has 2 N–H and O–H groups in total. The number of aryl methyl sites for hydroxylation is 2. The van der Waals surface area contributed by atoms with Crippen molar-refractivity contribution in [3.8, 4) is 11.5 Å². The molecule has 0 saturated carbocycles. The van der Waals surface area contributed by atoms with Gasteiger partial charge in [0.25, 0.3) is 0 Å². The van der Waals surface area contributed by atoms with Gasteiger partial charge in [0.1, 0.15) is 11.5 Å². The topological polar surface area (TPSA) is 76.7 Å². The Morgan fingerprint density at radius 2 is 1.05 bits per heavy atom. The van der Waals surface area contributed by atoms with Crippen LogP contribution in [0.15, 0.2) is 97.1 Å². The Morgan fingerprint density at radius 1 is 0.625 bits per heavy atom. The van der Waals surface area contributed by atoms with Crippen LogP contribution in [0.1, 0.15) is 33.4 Å². The Balaban J connectivity index is 1.41. The van der Waals surface area contributed by atoms with Crippen molar-refractivity contribution in [2.75, 3.05) is 14.2 Å². The van der Waals surface area contributed by atoms with Gasteiger partial charge in [0.15, 0.2) is 0 Å². The average molecular weight is 537 g/mol. The molecule has 0 radical (unpaired) electrons. The van der Waals surface area contributed by atoms with Crippen LogP contribution in [-0.2, 0) is 22.7 Å². The fraction of sp³-hybridized carbons (Fsp3) is 0.176. The van der Waals surface area contributed by atoms with E-state index in [0.29, 0.717) is 24.6 Å². The number of benzene rings is 3. The predicted molar refractivity (Wildman–Crippen MR) is 162 cm³/mol. The lowest BCUT2D eigenvalue weighted by molar-refractivity contribution is -0.117. The first-order valence-electron chi connectivity index (χ1n) is 13.0. The molecule has 0 bridgehead atoms. The number of ether oxygens (including phenoxy) is 2. The van der Waals surface area contributed by atoms with E-state index in [0.717, 1.165) is 16.7 Å². The van der Waals surface area contributed by atoms with E-state index in [1.54, 1.807) is 32.4 Å². The standard InChI is InChI=1S/C34H36N2O4/c1-25-11-9-12-26(2)29(25)13-5-7-17-33(37)35-23-27-19-21-28(22-20-27)24-36-34(38)18-8-6-14-30-31(39-3)15-10-16-32(30)40-4/h5-22H,23-24H2,1-4H3,(H,35,37)(H,36,38)/b13-5+,14-6+,17-7+,18-8+. The van der Waals surface area contributed by atoms with E-state index >= 15 is 0 Å². The zero-order valence-corrected chi connectivity index (χ0v) is 23.4. The molecule has 3 rings (SSSR count). The number of amides is 2. The molecule has 0 unspecified atom stereocenters. The monoisotopic (exact) mass is 536 g/mol. The molecule has 206 valence electrons. The number of hydrogen-bond acceptors (Lipinski definition) is 4. The maximum absolute atomic E-state index is 12.2. The fourth-order valence-corrected chi connectivity index (χ4v) is 4.00. The molecule has 6 nitrogen and oxygen atoms in total. The van der Waals surface area contributed by atoms with E-state index in [4.69, 9.17) is 9.47 Å². The van der Waals surface area contributed by atoms with Gasteiger partial charge in [-0.25, -0.2) is 0 Å². The maximum atomic E-state index is 12.2. The van der Waals surface area contributed by atoms with Gasteiger partial charge in [-0.15, -0.1) is 0 Å². The number of rotatable bonds is 12. The molecule has 0 heterocycles. The molecule has 0 aliphatic carbocycles.